The first kappa shape index (κ1) is 18.5. The standard InChI is InChI=1S/C16H26N6OS/c1-4-7-18-14-12-11-19-22(9-8-17-13(23)6-3)15(12)21-16(20-14)24-10-5-2/h11H,4-10H2,1-3H3,(H,17,23)(H,18,20,21). The molecule has 0 aliphatic heterocycles. The molecule has 2 rings (SSSR count). The van der Waals surface area contributed by atoms with Gasteiger partial charge in [-0.1, -0.05) is 32.5 Å². The van der Waals surface area contributed by atoms with Gasteiger partial charge in [-0.3, -0.25) is 4.79 Å². The minimum absolute atomic E-state index is 0.0468. The van der Waals surface area contributed by atoms with Crippen LogP contribution in [0.3, 0.4) is 0 Å². The minimum atomic E-state index is 0.0468. The van der Waals surface area contributed by atoms with Crippen molar-refractivity contribution < 1.29 is 4.79 Å². The van der Waals surface area contributed by atoms with Gasteiger partial charge in [-0.15, -0.1) is 0 Å². The first-order valence-electron chi connectivity index (χ1n) is 8.56. The van der Waals surface area contributed by atoms with E-state index in [2.05, 4.69) is 39.5 Å². The third-order valence-electron chi connectivity index (χ3n) is 3.42. The van der Waals surface area contributed by atoms with Crippen molar-refractivity contribution in [3.8, 4) is 0 Å². The molecule has 0 fully saturated rings. The molecule has 0 spiro atoms. The Morgan fingerprint density at radius 3 is 2.75 bits per heavy atom. The molecular weight excluding hydrogens is 324 g/mol. The summed E-state index contributed by atoms with van der Waals surface area (Å²) in [6, 6.07) is 0. The summed E-state index contributed by atoms with van der Waals surface area (Å²) in [6.45, 7) is 8.11. The zero-order valence-electron chi connectivity index (χ0n) is 14.6. The largest absolute Gasteiger partial charge is 0.369 e. The van der Waals surface area contributed by atoms with Crippen LogP contribution in [0.1, 0.15) is 40.0 Å². The summed E-state index contributed by atoms with van der Waals surface area (Å²) in [6.07, 6.45) is 4.39. The number of carbonyl (C=O) groups is 1. The molecule has 0 aliphatic carbocycles. The van der Waals surface area contributed by atoms with E-state index >= 15 is 0 Å². The van der Waals surface area contributed by atoms with E-state index in [-0.39, 0.29) is 5.91 Å². The summed E-state index contributed by atoms with van der Waals surface area (Å²) in [7, 11) is 0. The quantitative estimate of drug-likeness (QED) is 0.506. The predicted octanol–water partition coefficient (Wildman–Crippen LogP) is 2.68. The van der Waals surface area contributed by atoms with Crippen molar-refractivity contribution in [3.63, 3.8) is 0 Å². The molecule has 2 aromatic heterocycles. The highest BCUT2D eigenvalue weighted by atomic mass is 32.2. The zero-order valence-corrected chi connectivity index (χ0v) is 15.4. The highest BCUT2D eigenvalue weighted by Gasteiger charge is 2.13. The number of anilines is 1. The highest BCUT2D eigenvalue weighted by Crippen LogP contribution is 2.24. The summed E-state index contributed by atoms with van der Waals surface area (Å²) >= 11 is 1.65. The fraction of sp³-hybridized carbons (Fsp3) is 0.625. The van der Waals surface area contributed by atoms with Gasteiger partial charge in [0.25, 0.3) is 0 Å². The van der Waals surface area contributed by atoms with Crippen molar-refractivity contribution in [1.82, 2.24) is 25.1 Å². The van der Waals surface area contributed by atoms with E-state index in [9.17, 15) is 4.79 Å². The van der Waals surface area contributed by atoms with Crippen molar-refractivity contribution in [2.75, 3.05) is 24.2 Å². The fourth-order valence-electron chi connectivity index (χ4n) is 2.16. The molecule has 7 nitrogen and oxygen atoms in total. The molecule has 0 aliphatic rings. The second-order valence-electron chi connectivity index (χ2n) is 5.44. The van der Waals surface area contributed by atoms with Crippen molar-refractivity contribution in [3.05, 3.63) is 6.20 Å². The van der Waals surface area contributed by atoms with Gasteiger partial charge in [0.05, 0.1) is 18.1 Å². The number of thioether (sulfide) groups is 1. The van der Waals surface area contributed by atoms with Crippen LogP contribution in [0, 0.1) is 0 Å². The van der Waals surface area contributed by atoms with Crippen molar-refractivity contribution >= 4 is 34.5 Å². The molecule has 2 aromatic rings. The lowest BCUT2D eigenvalue weighted by Gasteiger charge is -2.09. The average Bonchev–Trinajstić information content (AvgIpc) is 3.00. The summed E-state index contributed by atoms with van der Waals surface area (Å²) in [5.41, 5.74) is 0.813. The van der Waals surface area contributed by atoms with Gasteiger partial charge in [0.15, 0.2) is 10.8 Å². The number of rotatable bonds is 10. The normalized spacial score (nSPS) is 11.0. The summed E-state index contributed by atoms with van der Waals surface area (Å²) < 4.78 is 1.83. The summed E-state index contributed by atoms with van der Waals surface area (Å²) in [4.78, 5) is 20.7. The first-order chi connectivity index (χ1) is 11.7. The van der Waals surface area contributed by atoms with E-state index in [1.54, 1.807) is 18.0 Å². The van der Waals surface area contributed by atoms with Crippen molar-refractivity contribution in [1.29, 1.82) is 0 Å². The molecule has 0 saturated heterocycles. The van der Waals surface area contributed by atoms with Gasteiger partial charge >= 0.3 is 0 Å². The van der Waals surface area contributed by atoms with E-state index in [4.69, 9.17) is 0 Å². The van der Waals surface area contributed by atoms with Gasteiger partial charge in [0.2, 0.25) is 5.91 Å². The molecule has 2 heterocycles. The number of fused-ring (bicyclic) bond motifs is 1. The molecule has 0 atom stereocenters. The molecule has 0 bridgehead atoms. The first-order valence-corrected chi connectivity index (χ1v) is 9.55. The Morgan fingerprint density at radius 2 is 2.04 bits per heavy atom. The maximum Gasteiger partial charge on any atom is 0.219 e. The summed E-state index contributed by atoms with van der Waals surface area (Å²) in [5, 5.41) is 12.3. The van der Waals surface area contributed by atoms with Gasteiger partial charge in [-0.25, -0.2) is 14.6 Å². The number of hydrogen-bond donors (Lipinski definition) is 2. The van der Waals surface area contributed by atoms with Crippen LogP contribution in [0.15, 0.2) is 11.4 Å². The monoisotopic (exact) mass is 350 g/mol. The SMILES string of the molecule is CCCNc1nc(SCCC)nc2c1cnn2CCNC(=O)CC. The Bertz CT molecular complexity index is 672. The Kier molecular flexibility index (Phi) is 7.30. The van der Waals surface area contributed by atoms with E-state index < -0.39 is 0 Å². The Hall–Kier alpha value is -1.83. The molecule has 8 heteroatoms. The molecular formula is C16H26N6OS. The molecule has 1 amide bonds. The lowest BCUT2D eigenvalue weighted by atomic mass is 10.3. The number of carbonyl (C=O) groups excluding carboxylic acids is 1. The lowest BCUT2D eigenvalue weighted by molar-refractivity contribution is -0.120. The number of nitrogens with one attached hydrogen (secondary N) is 2. The van der Waals surface area contributed by atoms with Crippen LogP contribution in [0.5, 0.6) is 0 Å². The van der Waals surface area contributed by atoms with Crippen LogP contribution in [0.4, 0.5) is 5.82 Å². The van der Waals surface area contributed by atoms with Gasteiger partial charge in [-0.05, 0) is 12.8 Å². The van der Waals surface area contributed by atoms with Gasteiger partial charge < -0.3 is 10.6 Å². The molecule has 0 saturated carbocycles. The van der Waals surface area contributed by atoms with Crippen LogP contribution in [0.25, 0.3) is 11.0 Å². The van der Waals surface area contributed by atoms with Crippen LogP contribution >= 0.6 is 11.8 Å². The van der Waals surface area contributed by atoms with Crippen molar-refractivity contribution in [2.45, 2.75) is 51.7 Å². The van der Waals surface area contributed by atoms with Gasteiger partial charge in [-0.2, -0.15) is 5.10 Å². The molecule has 24 heavy (non-hydrogen) atoms. The van der Waals surface area contributed by atoms with Crippen LogP contribution < -0.4 is 10.6 Å². The van der Waals surface area contributed by atoms with Crippen LogP contribution in [0.2, 0.25) is 0 Å². The zero-order chi connectivity index (χ0) is 17.4. The predicted molar refractivity (Wildman–Crippen MR) is 98.4 cm³/mol. The van der Waals surface area contributed by atoms with E-state index in [1.165, 1.54) is 0 Å². The third-order valence-corrected chi connectivity index (χ3v) is 4.47. The molecule has 0 unspecified atom stereocenters. The van der Waals surface area contributed by atoms with E-state index in [1.807, 2.05) is 11.6 Å². The third kappa shape index (κ3) is 4.83. The van der Waals surface area contributed by atoms with Crippen LogP contribution in [-0.4, -0.2) is 44.5 Å². The van der Waals surface area contributed by atoms with Gasteiger partial charge in [0, 0.05) is 25.3 Å². The Balaban J connectivity index is 2.23. The average molecular weight is 350 g/mol. The second-order valence-corrected chi connectivity index (χ2v) is 6.50. The molecule has 0 radical (unpaired) electrons. The minimum Gasteiger partial charge on any atom is -0.369 e. The van der Waals surface area contributed by atoms with Gasteiger partial charge in [0.1, 0.15) is 5.82 Å². The molecule has 132 valence electrons. The number of hydrogen-bond acceptors (Lipinski definition) is 6. The molecule has 0 aromatic carbocycles. The number of aromatic nitrogens is 4. The van der Waals surface area contributed by atoms with Crippen molar-refractivity contribution in [2.24, 2.45) is 0 Å². The maximum absolute atomic E-state index is 11.4. The van der Waals surface area contributed by atoms with E-state index in [0.29, 0.717) is 19.5 Å². The fourth-order valence-corrected chi connectivity index (χ4v) is 2.85. The van der Waals surface area contributed by atoms with Crippen LogP contribution in [-0.2, 0) is 11.3 Å². The Labute approximate surface area is 147 Å². The summed E-state index contributed by atoms with van der Waals surface area (Å²) in [5.74, 6) is 1.87. The topological polar surface area (TPSA) is 84.7 Å². The second kappa shape index (κ2) is 9.46. The lowest BCUT2D eigenvalue weighted by Crippen LogP contribution is -2.26. The maximum atomic E-state index is 11.4. The number of nitrogens with zero attached hydrogens (tertiary/aromatic N) is 4. The van der Waals surface area contributed by atoms with E-state index in [0.717, 1.165) is 47.1 Å². The highest BCUT2D eigenvalue weighted by molar-refractivity contribution is 7.99. The molecule has 2 N–H and O–H groups in total. The number of amides is 1. The smallest absolute Gasteiger partial charge is 0.219 e. The Morgan fingerprint density at radius 1 is 1.21 bits per heavy atom.